The molecule has 1 fully saturated rings. The molecule has 1 heterocycles. The van der Waals surface area contributed by atoms with Crippen LogP contribution in [0.1, 0.15) is 36.2 Å². The van der Waals surface area contributed by atoms with Crippen LogP contribution in [-0.4, -0.2) is 32.3 Å². The summed E-state index contributed by atoms with van der Waals surface area (Å²) in [6.07, 6.45) is 5.01. The number of carbonyl (C=O) groups excluding carboxylic acids is 1. The highest BCUT2D eigenvalue weighted by molar-refractivity contribution is 7.89. The highest BCUT2D eigenvalue weighted by atomic mass is 32.2. The van der Waals surface area contributed by atoms with Crippen LogP contribution < -0.4 is 4.72 Å². The quantitative estimate of drug-likeness (QED) is 0.737. The molecule has 138 valence electrons. The molecule has 1 unspecified atom stereocenters. The Morgan fingerprint density at radius 1 is 1.27 bits per heavy atom. The van der Waals surface area contributed by atoms with E-state index in [2.05, 4.69) is 4.72 Å². The standard InChI is InChI=1S/C19H22N2O3S2/c1-14(18-4-3-13-25-18)21(2)19(22)12-7-15-5-10-17(11-6-15)26(23,24)20-16-8-9-16/h3-7,10-14,16,20H,8-9H2,1-2H3. The first kappa shape index (κ1) is 18.8. The summed E-state index contributed by atoms with van der Waals surface area (Å²) in [5, 5.41) is 1.99. The SMILES string of the molecule is CC(c1cccs1)N(C)C(=O)C=Cc1ccc(S(=O)(=O)NC2CC2)cc1. The first-order chi connectivity index (χ1) is 12.4. The van der Waals surface area contributed by atoms with E-state index in [1.54, 1.807) is 53.6 Å². The maximum Gasteiger partial charge on any atom is 0.246 e. The van der Waals surface area contributed by atoms with E-state index in [4.69, 9.17) is 0 Å². The van der Waals surface area contributed by atoms with Crippen LogP contribution in [0.4, 0.5) is 0 Å². The second-order valence-corrected chi connectivity index (χ2v) is 9.13. The van der Waals surface area contributed by atoms with Crippen LogP contribution in [0.15, 0.2) is 52.7 Å². The lowest BCUT2D eigenvalue weighted by atomic mass is 10.2. The summed E-state index contributed by atoms with van der Waals surface area (Å²) in [5.41, 5.74) is 0.779. The number of thiophene rings is 1. The second kappa shape index (κ2) is 7.73. The average molecular weight is 391 g/mol. The van der Waals surface area contributed by atoms with Crippen molar-refractivity contribution in [1.82, 2.24) is 9.62 Å². The largest absolute Gasteiger partial charge is 0.335 e. The fourth-order valence-corrected chi connectivity index (χ4v) is 4.57. The number of nitrogens with one attached hydrogen (secondary N) is 1. The van der Waals surface area contributed by atoms with E-state index in [9.17, 15) is 13.2 Å². The van der Waals surface area contributed by atoms with Crippen molar-refractivity contribution in [2.45, 2.75) is 36.7 Å². The number of likely N-dealkylation sites (N-methyl/N-ethyl adjacent to an activating group) is 1. The van der Waals surface area contributed by atoms with Gasteiger partial charge in [-0.25, -0.2) is 13.1 Å². The van der Waals surface area contributed by atoms with Crippen molar-refractivity contribution in [3.8, 4) is 0 Å². The maximum absolute atomic E-state index is 12.3. The number of rotatable bonds is 7. The van der Waals surface area contributed by atoms with Gasteiger partial charge in [0.05, 0.1) is 10.9 Å². The van der Waals surface area contributed by atoms with Gasteiger partial charge in [-0.3, -0.25) is 4.79 Å². The first-order valence-corrected chi connectivity index (χ1v) is 10.8. The Kier molecular flexibility index (Phi) is 5.60. The molecule has 0 aliphatic heterocycles. The van der Waals surface area contributed by atoms with E-state index in [0.717, 1.165) is 23.3 Å². The lowest BCUT2D eigenvalue weighted by molar-refractivity contribution is -0.126. The molecule has 1 aliphatic carbocycles. The average Bonchev–Trinajstić information content (AvgIpc) is 3.25. The van der Waals surface area contributed by atoms with Crippen LogP contribution in [0, 0.1) is 0 Å². The van der Waals surface area contributed by atoms with Crippen LogP contribution in [0.5, 0.6) is 0 Å². The molecule has 0 saturated heterocycles. The van der Waals surface area contributed by atoms with E-state index in [-0.39, 0.29) is 22.9 Å². The maximum atomic E-state index is 12.3. The van der Waals surface area contributed by atoms with Crippen molar-refractivity contribution < 1.29 is 13.2 Å². The molecule has 1 aromatic carbocycles. The minimum absolute atomic E-state index is 0.00756. The Morgan fingerprint density at radius 2 is 1.96 bits per heavy atom. The molecule has 7 heteroatoms. The molecule has 26 heavy (non-hydrogen) atoms. The molecule has 0 bridgehead atoms. The molecule has 0 spiro atoms. The van der Waals surface area contributed by atoms with Gasteiger partial charge in [0.2, 0.25) is 15.9 Å². The summed E-state index contributed by atoms with van der Waals surface area (Å²) < 4.78 is 26.9. The molecule has 0 radical (unpaired) electrons. The van der Waals surface area contributed by atoms with Crippen LogP contribution in [0.2, 0.25) is 0 Å². The van der Waals surface area contributed by atoms with Gasteiger partial charge in [0.25, 0.3) is 0 Å². The van der Waals surface area contributed by atoms with Crippen molar-refractivity contribution in [1.29, 1.82) is 0 Å². The zero-order valence-corrected chi connectivity index (χ0v) is 16.4. The fraction of sp³-hybridized carbons (Fsp3) is 0.316. The van der Waals surface area contributed by atoms with Crippen LogP contribution in [0.25, 0.3) is 6.08 Å². The Morgan fingerprint density at radius 3 is 2.54 bits per heavy atom. The third-order valence-electron chi connectivity index (χ3n) is 4.39. The van der Waals surface area contributed by atoms with E-state index in [1.807, 2.05) is 24.4 Å². The van der Waals surface area contributed by atoms with Crippen molar-refractivity contribution in [3.63, 3.8) is 0 Å². The number of hydrogen-bond donors (Lipinski definition) is 1. The number of benzene rings is 1. The molecule has 1 amide bonds. The topological polar surface area (TPSA) is 66.5 Å². The monoisotopic (exact) mass is 390 g/mol. The Balaban J connectivity index is 1.63. The molecule has 1 saturated carbocycles. The fourth-order valence-electron chi connectivity index (χ4n) is 2.44. The van der Waals surface area contributed by atoms with Crippen molar-refractivity contribution in [3.05, 3.63) is 58.3 Å². The third-order valence-corrected chi connectivity index (χ3v) is 6.97. The van der Waals surface area contributed by atoms with E-state index in [0.29, 0.717) is 0 Å². The third kappa shape index (κ3) is 4.60. The predicted molar refractivity (Wildman–Crippen MR) is 104 cm³/mol. The second-order valence-electron chi connectivity index (χ2n) is 6.44. The van der Waals surface area contributed by atoms with Gasteiger partial charge < -0.3 is 4.90 Å². The zero-order valence-electron chi connectivity index (χ0n) is 14.8. The summed E-state index contributed by atoms with van der Waals surface area (Å²) in [6.45, 7) is 1.99. The lowest BCUT2D eigenvalue weighted by Gasteiger charge is -2.22. The zero-order chi connectivity index (χ0) is 18.7. The van der Waals surface area contributed by atoms with Gasteiger partial charge >= 0.3 is 0 Å². The van der Waals surface area contributed by atoms with Gasteiger partial charge in [0.15, 0.2) is 0 Å². The van der Waals surface area contributed by atoms with Crippen molar-refractivity contribution in [2.24, 2.45) is 0 Å². The highest BCUT2D eigenvalue weighted by Gasteiger charge is 2.27. The van der Waals surface area contributed by atoms with E-state index < -0.39 is 10.0 Å². The van der Waals surface area contributed by atoms with Crippen molar-refractivity contribution in [2.75, 3.05) is 7.05 Å². The highest BCUT2D eigenvalue weighted by Crippen LogP contribution is 2.24. The lowest BCUT2D eigenvalue weighted by Crippen LogP contribution is -2.27. The summed E-state index contributed by atoms with van der Waals surface area (Å²) in [4.78, 5) is 15.4. The van der Waals surface area contributed by atoms with Gasteiger partial charge in [-0.1, -0.05) is 18.2 Å². The first-order valence-electron chi connectivity index (χ1n) is 8.47. The normalized spacial score (nSPS) is 15.9. The molecule has 5 nitrogen and oxygen atoms in total. The van der Waals surface area contributed by atoms with Gasteiger partial charge in [0, 0.05) is 24.0 Å². The molecular weight excluding hydrogens is 368 g/mol. The predicted octanol–water partition coefficient (Wildman–Crippen LogP) is 3.42. The minimum atomic E-state index is -3.44. The Hall–Kier alpha value is -1.96. The Labute approximate surface area is 158 Å². The minimum Gasteiger partial charge on any atom is -0.335 e. The van der Waals surface area contributed by atoms with Gasteiger partial charge in [-0.05, 0) is 55.0 Å². The summed E-state index contributed by atoms with van der Waals surface area (Å²) in [7, 11) is -1.67. The van der Waals surface area contributed by atoms with Gasteiger partial charge in [-0.15, -0.1) is 11.3 Å². The molecule has 1 N–H and O–H groups in total. The number of amides is 1. The van der Waals surface area contributed by atoms with Crippen LogP contribution in [-0.2, 0) is 14.8 Å². The molecular formula is C19H22N2O3S2. The smallest absolute Gasteiger partial charge is 0.246 e. The van der Waals surface area contributed by atoms with E-state index >= 15 is 0 Å². The molecule has 1 atom stereocenters. The summed E-state index contributed by atoms with van der Waals surface area (Å²) in [6, 6.07) is 10.6. The Bertz CT molecular complexity index is 883. The van der Waals surface area contributed by atoms with Crippen LogP contribution >= 0.6 is 11.3 Å². The van der Waals surface area contributed by atoms with Gasteiger partial charge in [-0.2, -0.15) is 0 Å². The summed E-state index contributed by atoms with van der Waals surface area (Å²) >= 11 is 1.62. The number of sulfonamides is 1. The van der Waals surface area contributed by atoms with Crippen molar-refractivity contribution >= 4 is 33.3 Å². The van der Waals surface area contributed by atoms with Gasteiger partial charge in [0.1, 0.15) is 0 Å². The summed E-state index contributed by atoms with van der Waals surface area (Å²) in [5.74, 6) is -0.0991. The molecule has 2 aromatic rings. The van der Waals surface area contributed by atoms with E-state index in [1.165, 1.54) is 6.08 Å². The molecule has 1 aliphatic rings. The number of carbonyl (C=O) groups is 1. The number of nitrogens with zero attached hydrogens (tertiary/aromatic N) is 1. The molecule has 1 aromatic heterocycles. The number of hydrogen-bond acceptors (Lipinski definition) is 4. The van der Waals surface area contributed by atoms with Crippen LogP contribution in [0.3, 0.4) is 0 Å². The molecule has 3 rings (SSSR count).